The molecule has 3 N–H and O–H groups in total. The molecule has 0 fully saturated rings. The van der Waals surface area contributed by atoms with Crippen molar-refractivity contribution in [1.29, 1.82) is 0 Å². The van der Waals surface area contributed by atoms with Crippen LogP contribution >= 0.6 is 0 Å². The molecule has 118 valence electrons. The van der Waals surface area contributed by atoms with Gasteiger partial charge in [0.15, 0.2) is 0 Å². The van der Waals surface area contributed by atoms with Gasteiger partial charge in [-0.15, -0.1) is 0 Å². The van der Waals surface area contributed by atoms with E-state index in [1.54, 1.807) is 7.11 Å². The molecular formula is C14H25N5O2. The predicted octanol–water partition coefficient (Wildman–Crippen LogP) is 1.04. The molecule has 1 rings (SSSR count). The van der Waals surface area contributed by atoms with Crippen LogP contribution in [0.2, 0.25) is 0 Å². The van der Waals surface area contributed by atoms with Gasteiger partial charge in [-0.2, -0.15) is 0 Å². The third-order valence-electron chi connectivity index (χ3n) is 2.96. The van der Waals surface area contributed by atoms with Crippen LogP contribution < -0.4 is 16.0 Å². The maximum atomic E-state index is 11.6. The van der Waals surface area contributed by atoms with Gasteiger partial charge in [-0.3, -0.25) is 4.79 Å². The van der Waals surface area contributed by atoms with Crippen molar-refractivity contribution < 1.29 is 9.53 Å². The molecule has 0 saturated heterocycles. The molecule has 1 heterocycles. The average molecular weight is 295 g/mol. The lowest BCUT2D eigenvalue weighted by molar-refractivity contribution is -0.121. The fourth-order valence-electron chi connectivity index (χ4n) is 1.94. The Kier molecular flexibility index (Phi) is 8.11. The molecule has 1 aromatic rings. The van der Waals surface area contributed by atoms with Crippen molar-refractivity contribution >= 4 is 17.5 Å². The number of carbonyl (C=O) groups excluding carboxylic acids is 1. The number of hydrogen-bond donors (Lipinski definition) is 3. The summed E-state index contributed by atoms with van der Waals surface area (Å²) in [5.41, 5.74) is 1.06. The molecule has 0 atom stereocenters. The summed E-state index contributed by atoms with van der Waals surface area (Å²) in [7, 11) is 3.45. The summed E-state index contributed by atoms with van der Waals surface area (Å²) >= 11 is 0. The van der Waals surface area contributed by atoms with E-state index in [1.807, 2.05) is 7.05 Å². The number of methoxy groups -OCH3 is 1. The van der Waals surface area contributed by atoms with Crippen LogP contribution in [-0.2, 0) is 16.0 Å². The van der Waals surface area contributed by atoms with Gasteiger partial charge in [0.2, 0.25) is 5.91 Å². The van der Waals surface area contributed by atoms with Gasteiger partial charge in [0.05, 0.1) is 6.61 Å². The predicted molar refractivity (Wildman–Crippen MR) is 83.6 cm³/mol. The molecule has 0 aliphatic heterocycles. The number of rotatable bonds is 10. The Hall–Kier alpha value is -1.89. The van der Waals surface area contributed by atoms with Crippen LogP contribution in [0.5, 0.6) is 0 Å². The summed E-state index contributed by atoms with van der Waals surface area (Å²) < 4.78 is 4.88. The molecule has 0 spiro atoms. The summed E-state index contributed by atoms with van der Waals surface area (Å²) in [4.78, 5) is 20.1. The van der Waals surface area contributed by atoms with E-state index < -0.39 is 0 Å². The second kappa shape index (κ2) is 9.93. The lowest BCUT2D eigenvalue weighted by atomic mass is 10.1. The number of anilines is 2. The SMILES string of the molecule is CCCc1c(NC)ncnc1NCCC(=O)NCCOC. The topological polar surface area (TPSA) is 88.2 Å². The number of ether oxygens (including phenoxy) is 1. The third-order valence-corrected chi connectivity index (χ3v) is 2.96. The van der Waals surface area contributed by atoms with Crippen LogP contribution in [0, 0.1) is 0 Å². The van der Waals surface area contributed by atoms with Gasteiger partial charge in [-0.1, -0.05) is 13.3 Å². The van der Waals surface area contributed by atoms with Crippen LogP contribution in [0.15, 0.2) is 6.33 Å². The zero-order chi connectivity index (χ0) is 15.5. The molecular weight excluding hydrogens is 270 g/mol. The maximum Gasteiger partial charge on any atom is 0.221 e. The van der Waals surface area contributed by atoms with Gasteiger partial charge in [0.25, 0.3) is 0 Å². The Morgan fingerprint density at radius 1 is 1.29 bits per heavy atom. The van der Waals surface area contributed by atoms with Gasteiger partial charge < -0.3 is 20.7 Å². The largest absolute Gasteiger partial charge is 0.383 e. The second-order valence-electron chi connectivity index (χ2n) is 4.57. The Morgan fingerprint density at radius 2 is 2.05 bits per heavy atom. The Labute approximate surface area is 125 Å². The maximum absolute atomic E-state index is 11.6. The van der Waals surface area contributed by atoms with E-state index in [-0.39, 0.29) is 5.91 Å². The molecule has 0 aliphatic carbocycles. The van der Waals surface area contributed by atoms with Crippen molar-refractivity contribution in [1.82, 2.24) is 15.3 Å². The van der Waals surface area contributed by atoms with E-state index in [2.05, 4.69) is 32.8 Å². The monoisotopic (exact) mass is 295 g/mol. The third kappa shape index (κ3) is 5.95. The van der Waals surface area contributed by atoms with E-state index in [0.29, 0.717) is 26.1 Å². The van der Waals surface area contributed by atoms with Crippen LogP contribution in [0.4, 0.5) is 11.6 Å². The smallest absolute Gasteiger partial charge is 0.221 e. The number of aromatic nitrogens is 2. The average Bonchev–Trinajstić information content (AvgIpc) is 2.49. The van der Waals surface area contributed by atoms with Gasteiger partial charge in [-0.25, -0.2) is 9.97 Å². The first kappa shape index (κ1) is 17.2. The molecule has 21 heavy (non-hydrogen) atoms. The summed E-state index contributed by atoms with van der Waals surface area (Å²) in [6.45, 7) is 3.71. The van der Waals surface area contributed by atoms with E-state index >= 15 is 0 Å². The number of carbonyl (C=O) groups is 1. The molecule has 1 amide bonds. The van der Waals surface area contributed by atoms with E-state index in [1.165, 1.54) is 6.33 Å². The van der Waals surface area contributed by atoms with E-state index in [9.17, 15) is 4.79 Å². The van der Waals surface area contributed by atoms with Gasteiger partial charge in [0, 0.05) is 39.2 Å². The minimum absolute atomic E-state index is 0.000474. The van der Waals surface area contributed by atoms with Crippen molar-refractivity contribution in [2.24, 2.45) is 0 Å². The molecule has 0 radical (unpaired) electrons. The molecule has 0 unspecified atom stereocenters. The minimum Gasteiger partial charge on any atom is -0.383 e. The van der Waals surface area contributed by atoms with Crippen LogP contribution in [0.1, 0.15) is 25.3 Å². The van der Waals surface area contributed by atoms with Crippen molar-refractivity contribution in [3.63, 3.8) is 0 Å². The molecule has 7 nitrogen and oxygen atoms in total. The normalized spacial score (nSPS) is 10.2. The molecule has 7 heteroatoms. The highest BCUT2D eigenvalue weighted by atomic mass is 16.5. The van der Waals surface area contributed by atoms with Crippen LogP contribution in [0.25, 0.3) is 0 Å². The quantitative estimate of drug-likeness (QED) is 0.559. The molecule has 0 bridgehead atoms. The summed E-state index contributed by atoms with van der Waals surface area (Å²) in [5, 5.41) is 9.06. The first-order valence-electron chi connectivity index (χ1n) is 7.24. The molecule has 0 saturated carbocycles. The van der Waals surface area contributed by atoms with Crippen molar-refractivity contribution in [2.75, 3.05) is 44.5 Å². The van der Waals surface area contributed by atoms with E-state index in [0.717, 1.165) is 30.0 Å². The van der Waals surface area contributed by atoms with E-state index in [4.69, 9.17) is 4.74 Å². The van der Waals surface area contributed by atoms with Crippen molar-refractivity contribution in [3.05, 3.63) is 11.9 Å². The lowest BCUT2D eigenvalue weighted by Crippen LogP contribution is -2.28. The zero-order valence-electron chi connectivity index (χ0n) is 13.0. The summed E-state index contributed by atoms with van der Waals surface area (Å²) in [6.07, 6.45) is 3.81. The first-order valence-corrected chi connectivity index (χ1v) is 7.24. The zero-order valence-corrected chi connectivity index (χ0v) is 13.0. The number of nitrogens with zero attached hydrogens (tertiary/aromatic N) is 2. The molecule has 0 aliphatic rings. The minimum atomic E-state index is -0.000474. The number of nitrogens with one attached hydrogen (secondary N) is 3. The van der Waals surface area contributed by atoms with Gasteiger partial charge in [0.1, 0.15) is 18.0 Å². The highest BCUT2D eigenvalue weighted by molar-refractivity contribution is 5.76. The molecule has 1 aromatic heterocycles. The standard InChI is InChI=1S/C14H25N5O2/c1-4-5-11-13(15-2)18-10-19-14(11)17-7-6-12(20)16-8-9-21-3/h10H,4-9H2,1-3H3,(H,16,20)(H2,15,17,18,19). The lowest BCUT2D eigenvalue weighted by Gasteiger charge is -2.13. The highest BCUT2D eigenvalue weighted by Gasteiger charge is 2.09. The number of amides is 1. The van der Waals surface area contributed by atoms with Crippen LogP contribution in [0.3, 0.4) is 0 Å². The van der Waals surface area contributed by atoms with Crippen molar-refractivity contribution in [3.8, 4) is 0 Å². The Bertz CT molecular complexity index is 439. The number of hydrogen-bond acceptors (Lipinski definition) is 6. The fraction of sp³-hybridized carbons (Fsp3) is 0.643. The van der Waals surface area contributed by atoms with Crippen molar-refractivity contribution in [2.45, 2.75) is 26.2 Å². The summed E-state index contributed by atoms with van der Waals surface area (Å²) in [6, 6.07) is 0. The first-order chi connectivity index (χ1) is 10.2. The second-order valence-corrected chi connectivity index (χ2v) is 4.57. The Morgan fingerprint density at radius 3 is 2.71 bits per heavy atom. The highest BCUT2D eigenvalue weighted by Crippen LogP contribution is 2.20. The van der Waals surface area contributed by atoms with Gasteiger partial charge in [-0.05, 0) is 6.42 Å². The Balaban J connectivity index is 2.49. The van der Waals surface area contributed by atoms with Crippen LogP contribution in [-0.4, -0.2) is 49.7 Å². The molecule has 0 aromatic carbocycles. The fourth-order valence-corrected chi connectivity index (χ4v) is 1.94. The summed E-state index contributed by atoms with van der Waals surface area (Å²) in [5.74, 6) is 1.62. The van der Waals surface area contributed by atoms with Gasteiger partial charge >= 0.3 is 0 Å².